The molecule has 1 heterocycles. The van der Waals surface area contributed by atoms with Crippen molar-refractivity contribution in [2.75, 3.05) is 25.0 Å². The lowest BCUT2D eigenvalue weighted by Gasteiger charge is -2.32. The van der Waals surface area contributed by atoms with Crippen LogP contribution in [0.3, 0.4) is 0 Å². The van der Waals surface area contributed by atoms with Gasteiger partial charge in [-0.1, -0.05) is 22.4 Å². The number of rotatable bonds is 7. The number of nitrogens with one attached hydrogen (secondary N) is 1. The highest BCUT2D eigenvalue weighted by Gasteiger charge is 2.16. The predicted octanol–water partition coefficient (Wildman–Crippen LogP) is 2.54. The van der Waals surface area contributed by atoms with Gasteiger partial charge < -0.3 is 5.32 Å². The van der Waals surface area contributed by atoms with Gasteiger partial charge in [-0.3, -0.25) is 9.69 Å². The average molecular weight is 305 g/mol. The van der Waals surface area contributed by atoms with E-state index in [2.05, 4.69) is 33.1 Å². The fourth-order valence-electron chi connectivity index (χ4n) is 2.22. The van der Waals surface area contributed by atoms with Crippen molar-refractivity contribution >= 4 is 21.8 Å². The van der Waals surface area contributed by atoms with E-state index in [1.807, 2.05) is 0 Å². The summed E-state index contributed by atoms with van der Waals surface area (Å²) in [6, 6.07) is 0.482. The van der Waals surface area contributed by atoms with E-state index in [-0.39, 0.29) is 5.91 Å². The average Bonchev–Trinajstić information content (AvgIpc) is 2.37. The van der Waals surface area contributed by atoms with Crippen LogP contribution in [-0.2, 0) is 4.79 Å². The molecule has 1 N–H and O–H groups in total. The molecule has 0 saturated carbocycles. The maximum absolute atomic E-state index is 11.6. The number of nitrogens with zero attached hydrogens (tertiary/aromatic N) is 1. The lowest BCUT2D eigenvalue weighted by Crippen LogP contribution is -2.44. The molecule has 1 fully saturated rings. The van der Waals surface area contributed by atoms with Crippen LogP contribution >= 0.6 is 15.9 Å². The Balaban J connectivity index is 2.09. The SMILES string of the molecule is CC(CNC(=O)CCCCBr)N1CCCCC1. The van der Waals surface area contributed by atoms with Crippen LogP contribution in [-0.4, -0.2) is 41.8 Å². The van der Waals surface area contributed by atoms with Crippen LogP contribution in [0.2, 0.25) is 0 Å². The van der Waals surface area contributed by atoms with E-state index in [0.29, 0.717) is 12.5 Å². The molecular weight excluding hydrogens is 280 g/mol. The second-order valence-electron chi connectivity index (χ2n) is 4.90. The molecule has 0 spiro atoms. The molecule has 1 rings (SSSR count). The van der Waals surface area contributed by atoms with E-state index in [1.165, 1.54) is 32.4 Å². The molecule has 3 nitrogen and oxygen atoms in total. The summed E-state index contributed by atoms with van der Waals surface area (Å²) in [5.74, 6) is 0.204. The van der Waals surface area contributed by atoms with Crippen LogP contribution in [0.4, 0.5) is 0 Å². The van der Waals surface area contributed by atoms with Gasteiger partial charge in [-0.05, 0) is 45.7 Å². The molecule has 1 saturated heterocycles. The highest BCUT2D eigenvalue weighted by molar-refractivity contribution is 9.09. The molecule has 0 aliphatic carbocycles. The normalized spacial score (nSPS) is 18.9. The number of hydrogen-bond donors (Lipinski definition) is 1. The van der Waals surface area contributed by atoms with Crippen molar-refractivity contribution in [2.24, 2.45) is 0 Å². The summed E-state index contributed by atoms with van der Waals surface area (Å²) >= 11 is 3.38. The van der Waals surface area contributed by atoms with E-state index in [9.17, 15) is 4.79 Å². The fourth-order valence-corrected chi connectivity index (χ4v) is 2.61. The fraction of sp³-hybridized carbons (Fsp3) is 0.923. The molecule has 0 aromatic carbocycles. The molecule has 0 aromatic rings. The Labute approximate surface area is 113 Å². The third kappa shape index (κ3) is 6.41. The van der Waals surface area contributed by atoms with Gasteiger partial charge in [0, 0.05) is 24.3 Å². The van der Waals surface area contributed by atoms with Gasteiger partial charge in [-0.25, -0.2) is 0 Å². The first-order valence-electron chi connectivity index (χ1n) is 6.80. The van der Waals surface area contributed by atoms with Gasteiger partial charge in [0.25, 0.3) is 0 Å². The predicted molar refractivity (Wildman–Crippen MR) is 75.5 cm³/mol. The zero-order valence-corrected chi connectivity index (χ0v) is 12.5. The summed E-state index contributed by atoms with van der Waals surface area (Å²) in [6.45, 7) is 5.40. The quantitative estimate of drug-likeness (QED) is 0.579. The number of carbonyl (C=O) groups is 1. The molecule has 0 bridgehead atoms. The molecule has 17 heavy (non-hydrogen) atoms. The minimum Gasteiger partial charge on any atom is -0.355 e. The molecule has 0 radical (unpaired) electrons. The molecule has 1 aliphatic rings. The van der Waals surface area contributed by atoms with Crippen LogP contribution in [0.25, 0.3) is 0 Å². The maximum Gasteiger partial charge on any atom is 0.220 e. The summed E-state index contributed by atoms with van der Waals surface area (Å²) in [5, 5.41) is 4.03. The van der Waals surface area contributed by atoms with E-state index >= 15 is 0 Å². The first-order chi connectivity index (χ1) is 8.24. The number of alkyl halides is 1. The van der Waals surface area contributed by atoms with Crippen molar-refractivity contribution in [3.05, 3.63) is 0 Å². The van der Waals surface area contributed by atoms with Gasteiger partial charge in [-0.15, -0.1) is 0 Å². The first-order valence-corrected chi connectivity index (χ1v) is 7.93. The summed E-state index contributed by atoms with van der Waals surface area (Å²) in [5.41, 5.74) is 0. The van der Waals surface area contributed by atoms with Crippen molar-refractivity contribution in [1.29, 1.82) is 0 Å². The summed E-state index contributed by atoms with van der Waals surface area (Å²) < 4.78 is 0. The van der Waals surface area contributed by atoms with E-state index in [1.54, 1.807) is 0 Å². The van der Waals surface area contributed by atoms with Crippen LogP contribution in [0.5, 0.6) is 0 Å². The Bertz CT molecular complexity index is 217. The number of likely N-dealkylation sites (tertiary alicyclic amines) is 1. The second kappa shape index (κ2) is 8.92. The topological polar surface area (TPSA) is 32.3 Å². The number of hydrogen-bond acceptors (Lipinski definition) is 2. The van der Waals surface area contributed by atoms with E-state index in [4.69, 9.17) is 0 Å². The smallest absolute Gasteiger partial charge is 0.220 e. The van der Waals surface area contributed by atoms with Gasteiger partial charge in [0.05, 0.1) is 0 Å². The van der Waals surface area contributed by atoms with E-state index in [0.717, 1.165) is 24.7 Å². The van der Waals surface area contributed by atoms with Crippen molar-refractivity contribution in [3.8, 4) is 0 Å². The summed E-state index contributed by atoms with van der Waals surface area (Å²) in [7, 11) is 0. The van der Waals surface area contributed by atoms with E-state index < -0.39 is 0 Å². The zero-order valence-electron chi connectivity index (χ0n) is 10.9. The lowest BCUT2D eigenvalue weighted by molar-refractivity contribution is -0.121. The van der Waals surface area contributed by atoms with Crippen LogP contribution in [0.15, 0.2) is 0 Å². The number of halogens is 1. The number of carbonyl (C=O) groups excluding carboxylic acids is 1. The molecule has 100 valence electrons. The molecular formula is C13H25BrN2O. The highest BCUT2D eigenvalue weighted by atomic mass is 79.9. The summed E-state index contributed by atoms with van der Waals surface area (Å²) in [4.78, 5) is 14.0. The molecule has 1 atom stereocenters. The molecule has 1 aliphatic heterocycles. The third-order valence-corrected chi connectivity index (χ3v) is 3.96. The number of piperidine rings is 1. The largest absolute Gasteiger partial charge is 0.355 e. The molecule has 1 unspecified atom stereocenters. The van der Waals surface area contributed by atoms with Gasteiger partial charge in [0.1, 0.15) is 0 Å². The minimum absolute atomic E-state index is 0.204. The van der Waals surface area contributed by atoms with Crippen LogP contribution in [0.1, 0.15) is 45.4 Å². The maximum atomic E-state index is 11.6. The minimum atomic E-state index is 0.204. The molecule has 1 amide bonds. The highest BCUT2D eigenvalue weighted by Crippen LogP contribution is 2.11. The van der Waals surface area contributed by atoms with Gasteiger partial charge in [0.15, 0.2) is 0 Å². The Hall–Kier alpha value is -0.0900. The Kier molecular flexibility index (Phi) is 7.86. The van der Waals surface area contributed by atoms with Crippen molar-refractivity contribution in [3.63, 3.8) is 0 Å². The monoisotopic (exact) mass is 304 g/mol. The Morgan fingerprint density at radius 2 is 2.00 bits per heavy atom. The van der Waals surface area contributed by atoms with Crippen molar-refractivity contribution in [1.82, 2.24) is 10.2 Å². The van der Waals surface area contributed by atoms with Crippen LogP contribution in [0, 0.1) is 0 Å². The summed E-state index contributed by atoms with van der Waals surface area (Å²) in [6.07, 6.45) is 6.71. The Morgan fingerprint density at radius 1 is 1.29 bits per heavy atom. The lowest BCUT2D eigenvalue weighted by atomic mass is 10.1. The zero-order chi connectivity index (χ0) is 12.5. The van der Waals surface area contributed by atoms with Gasteiger partial charge in [-0.2, -0.15) is 0 Å². The first kappa shape index (κ1) is 15.0. The molecule has 0 aromatic heterocycles. The number of amides is 1. The standard InChI is InChI=1S/C13H25BrN2O/c1-12(16-9-5-2-6-10-16)11-15-13(17)7-3-4-8-14/h12H,2-11H2,1H3,(H,15,17). The van der Waals surface area contributed by atoms with Crippen molar-refractivity contribution in [2.45, 2.75) is 51.5 Å². The van der Waals surface area contributed by atoms with Gasteiger partial charge >= 0.3 is 0 Å². The second-order valence-corrected chi connectivity index (χ2v) is 5.69. The van der Waals surface area contributed by atoms with Gasteiger partial charge in [0.2, 0.25) is 5.91 Å². The number of unbranched alkanes of at least 4 members (excludes halogenated alkanes) is 1. The third-order valence-electron chi connectivity index (χ3n) is 3.40. The molecule has 4 heteroatoms. The van der Waals surface area contributed by atoms with Crippen molar-refractivity contribution < 1.29 is 4.79 Å². The van der Waals surface area contributed by atoms with Crippen LogP contribution < -0.4 is 5.32 Å². The Morgan fingerprint density at radius 3 is 2.65 bits per heavy atom.